The average Bonchev–Trinajstić information content (AvgIpc) is 2.04. The van der Waals surface area contributed by atoms with Crippen LogP contribution in [0.1, 0.15) is 25.7 Å². The molecule has 1 aliphatic carbocycles. The number of hydrogen-bond donors (Lipinski definition) is 2. The molecule has 0 aromatic heterocycles. The van der Waals surface area contributed by atoms with Crippen molar-refractivity contribution in [3.05, 3.63) is 0 Å². The van der Waals surface area contributed by atoms with Gasteiger partial charge in [-0.2, -0.15) is 0 Å². The zero-order valence-electron chi connectivity index (χ0n) is 7.80. The highest BCUT2D eigenvalue weighted by atomic mass is 35.5. The molecule has 1 fully saturated rings. The van der Waals surface area contributed by atoms with Crippen LogP contribution in [-0.2, 0) is 0 Å². The fraction of sp³-hybridized carbons (Fsp3) is 1.00. The highest BCUT2D eigenvalue weighted by Crippen LogP contribution is 2.17. The topological polar surface area (TPSA) is 24.1 Å². The highest BCUT2D eigenvalue weighted by molar-refractivity contribution is 5.85. The molecule has 4 heteroatoms. The van der Waals surface area contributed by atoms with Crippen molar-refractivity contribution in [3.63, 3.8) is 0 Å². The Morgan fingerprint density at radius 3 is 1.42 bits per heavy atom. The third kappa shape index (κ3) is 3.94. The summed E-state index contributed by atoms with van der Waals surface area (Å²) in [4.78, 5) is 0. The van der Waals surface area contributed by atoms with Crippen LogP contribution in [-0.4, -0.2) is 26.2 Å². The minimum atomic E-state index is 0. The van der Waals surface area contributed by atoms with Crippen LogP contribution < -0.4 is 10.6 Å². The van der Waals surface area contributed by atoms with E-state index < -0.39 is 0 Å². The third-order valence-corrected chi connectivity index (χ3v) is 2.51. The predicted molar refractivity (Wildman–Crippen MR) is 58.7 cm³/mol. The predicted octanol–water partition coefficient (Wildman–Crippen LogP) is 1.58. The van der Waals surface area contributed by atoms with Gasteiger partial charge < -0.3 is 10.6 Å². The normalized spacial score (nSPS) is 28.5. The van der Waals surface area contributed by atoms with Gasteiger partial charge in [-0.3, -0.25) is 0 Å². The Morgan fingerprint density at radius 1 is 0.833 bits per heavy atom. The number of rotatable bonds is 2. The van der Waals surface area contributed by atoms with Crippen LogP contribution in [0.25, 0.3) is 0 Å². The summed E-state index contributed by atoms with van der Waals surface area (Å²) in [5.74, 6) is 0. The van der Waals surface area contributed by atoms with E-state index in [0.717, 1.165) is 0 Å². The van der Waals surface area contributed by atoms with Gasteiger partial charge in [-0.1, -0.05) is 12.8 Å². The van der Waals surface area contributed by atoms with Gasteiger partial charge in [-0.05, 0) is 26.9 Å². The second-order valence-electron chi connectivity index (χ2n) is 3.07. The molecular weight excluding hydrogens is 195 g/mol. The van der Waals surface area contributed by atoms with Crippen molar-refractivity contribution < 1.29 is 0 Å². The summed E-state index contributed by atoms with van der Waals surface area (Å²) >= 11 is 0. The fourth-order valence-electron chi connectivity index (χ4n) is 1.82. The molecule has 1 saturated carbocycles. The summed E-state index contributed by atoms with van der Waals surface area (Å²) in [6, 6.07) is 1.41. The molecule has 12 heavy (non-hydrogen) atoms. The molecule has 0 amide bonds. The van der Waals surface area contributed by atoms with Crippen molar-refractivity contribution in [2.75, 3.05) is 14.1 Å². The molecule has 0 aliphatic heterocycles. The van der Waals surface area contributed by atoms with Gasteiger partial charge in [0.15, 0.2) is 0 Å². The smallest absolute Gasteiger partial charge is 0.0218 e. The summed E-state index contributed by atoms with van der Waals surface area (Å²) < 4.78 is 0. The van der Waals surface area contributed by atoms with Gasteiger partial charge in [0.25, 0.3) is 0 Å². The maximum absolute atomic E-state index is 3.34. The number of halogens is 2. The van der Waals surface area contributed by atoms with Gasteiger partial charge in [0.05, 0.1) is 0 Å². The molecule has 0 saturated heterocycles. The van der Waals surface area contributed by atoms with Crippen LogP contribution in [0.5, 0.6) is 0 Å². The van der Waals surface area contributed by atoms with Gasteiger partial charge in [-0.25, -0.2) is 0 Å². The van der Waals surface area contributed by atoms with Crippen molar-refractivity contribution >= 4 is 24.8 Å². The lowest BCUT2D eigenvalue weighted by molar-refractivity contribution is 0.309. The SMILES string of the molecule is CN[C@@H]1CCCC[C@H]1NC.Cl.Cl. The maximum Gasteiger partial charge on any atom is 0.0218 e. The highest BCUT2D eigenvalue weighted by Gasteiger charge is 2.21. The minimum Gasteiger partial charge on any atom is -0.315 e. The standard InChI is InChI=1S/C8H18N2.2ClH/c1-9-7-5-3-4-6-8(7)10-2;;/h7-10H,3-6H2,1-2H3;2*1H/t7-,8-;;/m1../s1. The summed E-state index contributed by atoms with van der Waals surface area (Å²) in [7, 11) is 4.11. The molecule has 2 N–H and O–H groups in total. The van der Waals surface area contributed by atoms with E-state index >= 15 is 0 Å². The monoisotopic (exact) mass is 214 g/mol. The van der Waals surface area contributed by atoms with Crippen LogP contribution >= 0.6 is 24.8 Å². The number of hydrogen-bond acceptors (Lipinski definition) is 2. The van der Waals surface area contributed by atoms with Crippen molar-refractivity contribution in [3.8, 4) is 0 Å². The molecule has 2 nitrogen and oxygen atoms in total. The first kappa shape index (κ1) is 15.0. The van der Waals surface area contributed by atoms with E-state index in [-0.39, 0.29) is 24.8 Å². The molecule has 0 unspecified atom stereocenters. The summed E-state index contributed by atoms with van der Waals surface area (Å²) in [6.07, 6.45) is 5.46. The van der Waals surface area contributed by atoms with Crippen LogP contribution in [0.3, 0.4) is 0 Å². The Bertz CT molecular complexity index is 89.1. The van der Waals surface area contributed by atoms with Gasteiger partial charge >= 0.3 is 0 Å². The van der Waals surface area contributed by atoms with Gasteiger partial charge in [-0.15, -0.1) is 24.8 Å². The van der Waals surface area contributed by atoms with Gasteiger partial charge in [0.2, 0.25) is 0 Å². The first-order chi connectivity index (χ1) is 4.88. The fourth-order valence-corrected chi connectivity index (χ4v) is 1.82. The zero-order valence-corrected chi connectivity index (χ0v) is 9.43. The lowest BCUT2D eigenvalue weighted by atomic mass is 9.91. The van der Waals surface area contributed by atoms with Gasteiger partial charge in [0, 0.05) is 12.1 Å². The first-order valence-corrected chi connectivity index (χ1v) is 4.23. The van der Waals surface area contributed by atoms with Crippen molar-refractivity contribution in [2.24, 2.45) is 0 Å². The first-order valence-electron chi connectivity index (χ1n) is 4.23. The minimum absolute atomic E-state index is 0. The molecule has 2 atom stereocenters. The third-order valence-electron chi connectivity index (χ3n) is 2.51. The summed E-state index contributed by atoms with van der Waals surface area (Å²) in [6.45, 7) is 0. The molecule has 0 bridgehead atoms. The quantitative estimate of drug-likeness (QED) is 0.730. The molecule has 76 valence electrons. The van der Waals surface area contributed by atoms with Crippen molar-refractivity contribution in [2.45, 2.75) is 37.8 Å². The van der Waals surface area contributed by atoms with Crippen LogP contribution in [0, 0.1) is 0 Å². The second kappa shape index (κ2) is 8.11. The van der Waals surface area contributed by atoms with Crippen molar-refractivity contribution in [1.29, 1.82) is 0 Å². The largest absolute Gasteiger partial charge is 0.315 e. The molecule has 0 heterocycles. The molecular formula is C8H20Cl2N2. The molecule has 0 spiro atoms. The Labute approximate surface area is 87.7 Å². The molecule has 0 aromatic carbocycles. The second-order valence-corrected chi connectivity index (χ2v) is 3.07. The zero-order chi connectivity index (χ0) is 7.40. The molecule has 1 aliphatic rings. The Balaban J connectivity index is 0. The number of likely N-dealkylation sites (N-methyl/N-ethyl adjacent to an activating group) is 2. The van der Waals surface area contributed by atoms with E-state index in [1.165, 1.54) is 25.7 Å². The van der Waals surface area contributed by atoms with E-state index in [2.05, 4.69) is 24.7 Å². The molecule has 0 radical (unpaired) electrons. The molecule has 1 rings (SSSR count). The van der Waals surface area contributed by atoms with E-state index in [1.54, 1.807) is 0 Å². The summed E-state index contributed by atoms with van der Waals surface area (Å²) in [5.41, 5.74) is 0. The summed E-state index contributed by atoms with van der Waals surface area (Å²) in [5, 5.41) is 6.68. The lowest BCUT2D eigenvalue weighted by Crippen LogP contribution is -2.47. The Morgan fingerprint density at radius 2 is 1.17 bits per heavy atom. The number of nitrogens with one attached hydrogen (secondary N) is 2. The van der Waals surface area contributed by atoms with E-state index in [9.17, 15) is 0 Å². The Hall–Kier alpha value is 0.500. The van der Waals surface area contributed by atoms with Crippen LogP contribution in [0.2, 0.25) is 0 Å². The lowest BCUT2D eigenvalue weighted by Gasteiger charge is -2.30. The Kier molecular flexibility index (Phi) is 10.1. The van der Waals surface area contributed by atoms with E-state index in [0.29, 0.717) is 12.1 Å². The average molecular weight is 215 g/mol. The van der Waals surface area contributed by atoms with Crippen molar-refractivity contribution in [1.82, 2.24) is 10.6 Å². The van der Waals surface area contributed by atoms with Crippen LogP contribution in [0.4, 0.5) is 0 Å². The molecule has 0 aromatic rings. The van der Waals surface area contributed by atoms with Gasteiger partial charge in [0.1, 0.15) is 0 Å². The maximum atomic E-state index is 3.34. The van der Waals surface area contributed by atoms with E-state index in [1.807, 2.05) is 0 Å². The van der Waals surface area contributed by atoms with Crippen LogP contribution in [0.15, 0.2) is 0 Å². The van der Waals surface area contributed by atoms with E-state index in [4.69, 9.17) is 0 Å².